The molecular weight excluding hydrogens is 396 g/mol. The number of ether oxygens (including phenoxy) is 2. The predicted molar refractivity (Wildman–Crippen MR) is 117 cm³/mol. The van der Waals surface area contributed by atoms with Gasteiger partial charge in [-0.05, 0) is 51.5 Å². The molecule has 1 aliphatic heterocycles. The highest BCUT2D eigenvalue weighted by molar-refractivity contribution is 5.76. The average Bonchev–Trinajstić information content (AvgIpc) is 3.16. The maximum absolute atomic E-state index is 12.2. The van der Waals surface area contributed by atoms with Crippen LogP contribution in [0.1, 0.15) is 32.0 Å². The Morgan fingerprint density at radius 1 is 1.13 bits per heavy atom. The maximum Gasteiger partial charge on any atom is 0.410 e. The van der Waals surface area contributed by atoms with Gasteiger partial charge in [0.15, 0.2) is 5.58 Å². The second-order valence-corrected chi connectivity index (χ2v) is 8.70. The Hall–Kier alpha value is -3.29. The number of nitrogens with zero attached hydrogens (tertiary/aromatic N) is 4. The normalized spacial score (nSPS) is 14.7. The molecular formula is C23H28N4O4. The molecule has 1 amide bonds. The summed E-state index contributed by atoms with van der Waals surface area (Å²) in [6.45, 7) is 10.4. The Balaban J connectivity index is 1.37. The molecule has 1 saturated heterocycles. The minimum Gasteiger partial charge on any atom is -0.487 e. The summed E-state index contributed by atoms with van der Waals surface area (Å²) in [7, 11) is 0. The molecule has 0 saturated carbocycles. The lowest BCUT2D eigenvalue weighted by Gasteiger charge is -2.34. The van der Waals surface area contributed by atoms with Crippen LogP contribution in [0.3, 0.4) is 0 Å². The summed E-state index contributed by atoms with van der Waals surface area (Å²) >= 11 is 0. The number of hydrogen-bond donors (Lipinski definition) is 0. The fourth-order valence-corrected chi connectivity index (χ4v) is 3.27. The van der Waals surface area contributed by atoms with E-state index < -0.39 is 5.60 Å². The highest BCUT2D eigenvalue weighted by Crippen LogP contribution is 2.27. The van der Waals surface area contributed by atoms with Gasteiger partial charge in [0.05, 0.1) is 5.69 Å². The zero-order valence-corrected chi connectivity index (χ0v) is 18.4. The Bertz CT molecular complexity index is 1050. The quantitative estimate of drug-likeness (QED) is 0.622. The van der Waals surface area contributed by atoms with Crippen molar-refractivity contribution in [3.63, 3.8) is 0 Å². The first-order valence-electron chi connectivity index (χ1n) is 10.4. The molecule has 0 N–H and O–H groups in total. The molecule has 1 fully saturated rings. The number of carbonyl (C=O) groups excluding carboxylic acids is 1. The highest BCUT2D eigenvalue weighted by Gasteiger charge is 2.27. The van der Waals surface area contributed by atoms with E-state index in [4.69, 9.17) is 13.9 Å². The van der Waals surface area contributed by atoms with E-state index in [0.29, 0.717) is 50.1 Å². The van der Waals surface area contributed by atoms with Crippen LogP contribution in [0.4, 0.5) is 10.8 Å². The second-order valence-electron chi connectivity index (χ2n) is 8.70. The van der Waals surface area contributed by atoms with Crippen LogP contribution in [0, 0.1) is 6.92 Å². The van der Waals surface area contributed by atoms with Gasteiger partial charge in [-0.3, -0.25) is 4.98 Å². The van der Waals surface area contributed by atoms with E-state index in [1.807, 2.05) is 69.1 Å². The number of amides is 1. The van der Waals surface area contributed by atoms with Crippen LogP contribution in [0.25, 0.3) is 11.1 Å². The van der Waals surface area contributed by atoms with E-state index in [-0.39, 0.29) is 6.09 Å². The third kappa shape index (κ3) is 5.25. The molecule has 8 nitrogen and oxygen atoms in total. The van der Waals surface area contributed by atoms with Crippen molar-refractivity contribution in [2.45, 2.75) is 39.9 Å². The SMILES string of the molecule is Cc1ccc(COc2ccc3oc(N4CCN(C(=O)OC(C)(C)C)CC4)nc3c2)nc1. The number of oxazole rings is 1. The summed E-state index contributed by atoms with van der Waals surface area (Å²) in [5.41, 5.74) is 2.93. The van der Waals surface area contributed by atoms with E-state index in [1.54, 1.807) is 4.90 Å². The zero-order valence-electron chi connectivity index (χ0n) is 18.4. The topological polar surface area (TPSA) is 80.9 Å². The average molecular weight is 425 g/mol. The predicted octanol–water partition coefficient (Wildman–Crippen LogP) is 4.17. The zero-order chi connectivity index (χ0) is 22.0. The van der Waals surface area contributed by atoms with Gasteiger partial charge in [-0.25, -0.2) is 4.79 Å². The Labute approximate surface area is 181 Å². The van der Waals surface area contributed by atoms with Crippen molar-refractivity contribution in [1.82, 2.24) is 14.9 Å². The minimum absolute atomic E-state index is 0.283. The number of anilines is 1. The molecule has 0 spiro atoms. The van der Waals surface area contributed by atoms with Crippen molar-refractivity contribution in [2.24, 2.45) is 0 Å². The third-order valence-electron chi connectivity index (χ3n) is 4.91. The lowest BCUT2D eigenvalue weighted by atomic mass is 10.2. The summed E-state index contributed by atoms with van der Waals surface area (Å²) in [5.74, 6) is 0.712. The fraction of sp³-hybridized carbons (Fsp3) is 0.435. The highest BCUT2D eigenvalue weighted by atomic mass is 16.6. The number of hydrogen-bond acceptors (Lipinski definition) is 7. The van der Waals surface area contributed by atoms with E-state index in [1.165, 1.54) is 0 Å². The number of aryl methyl sites for hydroxylation is 1. The van der Waals surface area contributed by atoms with Gasteiger partial charge in [0.25, 0.3) is 6.01 Å². The van der Waals surface area contributed by atoms with Gasteiger partial charge in [-0.1, -0.05) is 6.07 Å². The van der Waals surface area contributed by atoms with E-state index in [9.17, 15) is 4.79 Å². The first kappa shape index (κ1) is 21.0. The maximum atomic E-state index is 12.2. The summed E-state index contributed by atoms with van der Waals surface area (Å²) < 4.78 is 17.2. The number of rotatable bonds is 4. The molecule has 1 aliphatic rings. The van der Waals surface area contributed by atoms with Crippen molar-refractivity contribution in [3.8, 4) is 5.75 Å². The van der Waals surface area contributed by atoms with Crippen LogP contribution in [0.2, 0.25) is 0 Å². The van der Waals surface area contributed by atoms with E-state index in [2.05, 4.69) is 9.97 Å². The summed E-state index contributed by atoms with van der Waals surface area (Å²) in [6.07, 6.45) is 1.54. The van der Waals surface area contributed by atoms with Crippen LogP contribution in [0.15, 0.2) is 40.9 Å². The molecule has 0 radical (unpaired) electrons. The number of piperazine rings is 1. The molecule has 1 aromatic carbocycles. The van der Waals surface area contributed by atoms with Crippen molar-refractivity contribution >= 4 is 23.2 Å². The van der Waals surface area contributed by atoms with Crippen LogP contribution >= 0.6 is 0 Å². The molecule has 0 atom stereocenters. The van der Waals surface area contributed by atoms with Crippen molar-refractivity contribution < 1.29 is 18.7 Å². The summed E-state index contributed by atoms with van der Waals surface area (Å²) in [4.78, 5) is 25.0. The van der Waals surface area contributed by atoms with E-state index in [0.717, 1.165) is 16.8 Å². The molecule has 8 heteroatoms. The van der Waals surface area contributed by atoms with Crippen LogP contribution < -0.4 is 9.64 Å². The molecule has 0 unspecified atom stereocenters. The van der Waals surface area contributed by atoms with E-state index >= 15 is 0 Å². The molecule has 4 rings (SSSR count). The molecule has 31 heavy (non-hydrogen) atoms. The second kappa shape index (κ2) is 8.45. The first-order chi connectivity index (χ1) is 14.8. The van der Waals surface area contributed by atoms with Crippen molar-refractivity contribution in [3.05, 3.63) is 47.8 Å². The van der Waals surface area contributed by atoms with Gasteiger partial charge in [0.1, 0.15) is 23.5 Å². The van der Waals surface area contributed by atoms with Crippen LogP contribution in [0.5, 0.6) is 5.75 Å². The Morgan fingerprint density at radius 2 is 1.90 bits per heavy atom. The molecule has 2 aromatic heterocycles. The van der Waals surface area contributed by atoms with Crippen LogP contribution in [-0.2, 0) is 11.3 Å². The number of aromatic nitrogens is 2. The molecule has 3 aromatic rings. The largest absolute Gasteiger partial charge is 0.487 e. The third-order valence-corrected chi connectivity index (χ3v) is 4.91. The minimum atomic E-state index is -0.496. The van der Waals surface area contributed by atoms with Gasteiger partial charge in [0, 0.05) is 38.4 Å². The van der Waals surface area contributed by atoms with Crippen molar-refractivity contribution in [2.75, 3.05) is 31.1 Å². The van der Waals surface area contributed by atoms with Crippen LogP contribution in [-0.4, -0.2) is 52.7 Å². The molecule has 3 heterocycles. The standard InChI is InChI=1S/C23H28N4O4/c1-16-5-6-17(24-14-16)15-29-18-7-8-20-19(13-18)25-21(30-20)26-9-11-27(12-10-26)22(28)31-23(2,3)4/h5-8,13-14H,9-12,15H2,1-4H3. The van der Waals surface area contributed by atoms with Gasteiger partial charge in [0.2, 0.25) is 0 Å². The van der Waals surface area contributed by atoms with Gasteiger partial charge in [-0.2, -0.15) is 4.98 Å². The Kier molecular flexibility index (Phi) is 5.71. The summed E-state index contributed by atoms with van der Waals surface area (Å²) in [5, 5.41) is 0. The first-order valence-corrected chi connectivity index (χ1v) is 10.4. The summed E-state index contributed by atoms with van der Waals surface area (Å²) in [6, 6.07) is 10.1. The monoisotopic (exact) mass is 424 g/mol. The number of carbonyl (C=O) groups is 1. The smallest absolute Gasteiger partial charge is 0.410 e. The molecule has 164 valence electrons. The molecule has 0 bridgehead atoms. The lowest BCUT2D eigenvalue weighted by Crippen LogP contribution is -2.50. The fourth-order valence-electron chi connectivity index (χ4n) is 3.27. The number of pyridine rings is 1. The number of benzene rings is 1. The molecule has 0 aliphatic carbocycles. The lowest BCUT2D eigenvalue weighted by molar-refractivity contribution is 0.0239. The van der Waals surface area contributed by atoms with Crippen molar-refractivity contribution in [1.29, 1.82) is 0 Å². The number of fused-ring (bicyclic) bond motifs is 1. The van der Waals surface area contributed by atoms with Gasteiger partial charge >= 0.3 is 6.09 Å². The Morgan fingerprint density at radius 3 is 2.58 bits per heavy atom. The van der Waals surface area contributed by atoms with Gasteiger partial charge < -0.3 is 23.7 Å². The van der Waals surface area contributed by atoms with Gasteiger partial charge in [-0.15, -0.1) is 0 Å².